The summed E-state index contributed by atoms with van der Waals surface area (Å²) < 4.78 is 11.0. The smallest absolute Gasteiger partial charge is 0.237 e. The molecule has 1 aliphatic rings. The molecule has 1 saturated heterocycles. The summed E-state index contributed by atoms with van der Waals surface area (Å²) in [4.78, 5) is 13.3. The molecule has 3 N–H and O–H groups in total. The lowest BCUT2D eigenvalue weighted by atomic mass is 10.2. The lowest BCUT2D eigenvalue weighted by Crippen LogP contribution is -2.29. The first kappa shape index (κ1) is 27.1. The van der Waals surface area contributed by atoms with Gasteiger partial charge in [-0.05, 0) is 45.4 Å². The van der Waals surface area contributed by atoms with Crippen LogP contribution in [0.2, 0.25) is 0 Å². The Balaban J connectivity index is 0.000000503. The lowest BCUT2D eigenvalue weighted by Gasteiger charge is -2.14. The maximum Gasteiger partial charge on any atom is 0.237 e. The third kappa shape index (κ3) is 15.7. The molecule has 0 aromatic rings. The van der Waals surface area contributed by atoms with Gasteiger partial charge in [0.05, 0.1) is 19.3 Å². The number of hydrogen-bond acceptors (Lipinski definition) is 6. The molecule has 0 aliphatic carbocycles. The minimum atomic E-state index is -0.663. The van der Waals surface area contributed by atoms with E-state index in [1.807, 2.05) is 13.2 Å². The van der Waals surface area contributed by atoms with Gasteiger partial charge in [-0.15, -0.1) is 0 Å². The topological polar surface area (TPSA) is 85.0 Å². The van der Waals surface area contributed by atoms with Crippen molar-refractivity contribution >= 4 is 24.9 Å². The molecule has 0 spiro atoms. The lowest BCUT2D eigenvalue weighted by molar-refractivity contribution is -0.130. The Kier molecular flexibility index (Phi) is 19.5. The predicted octanol–water partition coefficient (Wildman–Crippen LogP) is 4.31. The van der Waals surface area contributed by atoms with Crippen LogP contribution in [0.5, 0.6) is 0 Å². The van der Waals surface area contributed by atoms with Crippen LogP contribution in [0, 0.1) is 0 Å². The molecular formula is C19H41N2O4PS. The first-order chi connectivity index (χ1) is 13.1. The largest absolute Gasteiger partial charge is 0.391 e. The highest BCUT2D eigenvalue weighted by molar-refractivity contribution is 8.52. The van der Waals surface area contributed by atoms with Crippen molar-refractivity contribution in [2.24, 2.45) is 5.73 Å². The van der Waals surface area contributed by atoms with E-state index in [1.165, 1.54) is 25.7 Å². The number of unbranched alkanes of at least 4 members (excludes halogenated alkanes) is 5. The molecule has 1 aliphatic heterocycles. The Morgan fingerprint density at radius 3 is 2.48 bits per heavy atom. The molecule has 1 fully saturated rings. The second-order valence-corrected chi connectivity index (χ2v) is 9.92. The van der Waals surface area contributed by atoms with Crippen LogP contribution < -0.4 is 5.73 Å². The molecule has 1 amide bonds. The number of amides is 1. The van der Waals surface area contributed by atoms with E-state index in [0.717, 1.165) is 45.4 Å². The first-order valence-corrected chi connectivity index (χ1v) is 13.4. The van der Waals surface area contributed by atoms with Gasteiger partial charge in [-0.1, -0.05) is 44.0 Å². The van der Waals surface area contributed by atoms with Crippen LogP contribution in [0.15, 0.2) is 0 Å². The fourth-order valence-electron chi connectivity index (χ4n) is 2.64. The molecule has 8 heteroatoms. The minimum absolute atomic E-state index is 0.179. The number of nitrogens with zero attached hydrogens (tertiary/aromatic N) is 1. The summed E-state index contributed by atoms with van der Waals surface area (Å²) >= 11 is 1.68. The van der Waals surface area contributed by atoms with Gasteiger partial charge in [0.1, 0.15) is 0 Å². The third-order valence-corrected chi connectivity index (χ3v) is 6.88. The van der Waals surface area contributed by atoms with Gasteiger partial charge in [0.15, 0.2) is 0 Å². The molecule has 0 bridgehead atoms. The van der Waals surface area contributed by atoms with Gasteiger partial charge in [0, 0.05) is 19.5 Å². The number of hydrogen-bond donors (Lipinski definition) is 2. The predicted molar refractivity (Wildman–Crippen MR) is 117 cm³/mol. The minimum Gasteiger partial charge on any atom is -0.391 e. The molecule has 2 unspecified atom stereocenters. The average molecular weight is 425 g/mol. The van der Waals surface area contributed by atoms with Crippen molar-refractivity contribution in [1.82, 2.24) is 4.90 Å². The Morgan fingerprint density at radius 2 is 1.93 bits per heavy atom. The standard InChI is InChI=1S/C10H20N2O2.C9H21O2PS/c11-6-3-1-2-4-10(14)12-7-5-9(13)8-12;1-4-6-7-8-9-11-12(13-3)10-5-2/h9,13H,1-8,11H2;4-9H2,1-3H3. The Morgan fingerprint density at radius 1 is 1.19 bits per heavy atom. The number of rotatable bonds is 14. The molecule has 0 aromatic carbocycles. The number of nitrogens with two attached hydrogens (primary N) is 1. The van der Waals surface area contributed by atoms with E-state index in [1.54, 1.807) is 16.3 Å². The Bertz CT molecular complexity index is 354. The third-order valence-electron chi connectivity index (χ3n) is 4.19. The maximum absolute atomic E-state index is 11.5. The Labute approximate surface area is 171 Å². The molecular weight excluding hydrogens is 383 g/mol. The SMILES string of the molecule is CCCCCCOP(OCC)SC.NCCCCCC(=O)N1CCC(O)C1. The van der Waals surface area contributed by atoms with E-state index < -0.39 is 7.58 Å². The van der Waals surface area contributed by atoms with Crippen LogP contribution in [0.3, 0.4) is 0 Å². The number of aliphatic hydroxyl groups is 1. The van der Waals surface area contributed by atoms with Crippen molar-refractivity contribution in [3.05, 3.63) is 0 Å². The summed E-state index contributed by atoms with van der Waals surface area (Å²) in [5.41, 5.74) is 5.36. The van der Waals surface area contributed by atoms with Crippen LogP contribution >= 0.6 is 19.0 Å². The molecule has 1 heterocycles. The van der Waals surface area contributed by atoms with Crippen molar-refractivity contribution < 1.29 is 18.9 Å². The van der Waals surface area contributed by atoms with Crippen LogP contribution in [0.4, 0.5) is 0 Å². The number of likely N-dealkylation sites (tertiary alicyclic amines) is 1. The highest BCUT2D eigenvalue weighted by Crippen LogP contribution is 2.49. The zero-order valence-electron chi connectivity index (χ0n) is 17.5. The van der Waals surface area contributed by atoms with E-state index in [4.69, 9.17) is 14.8 Å². The van der Waals surface area contributed by atoms with Crippen LogP contribution in [-0.4, -0.2) is 61.1 Å². The van der Waals surface area contributed by atoms with Gasteiger partial charge in [0.2, 0.25) is 13.5 Å². The summed E-state index contributed by atoms with van der Waals surface area (Å²) in [6.45, 7) is 7.78. The number of carbonyl (C=O) groups excluding carboxylic acids is 1. The van der Waals surface area contributed by atoms with Gasteiger partial charge in [-0.3, -0.25) is 4.79 Å². The van der Waals surface area contributed by atoms with Crippen molar-refractivity contribution in [2.45, 2.75) is 77.7 Å². The highest BCUT2D eigenvalue weighted by Gasteiger charge is 2.23. The van der Waals surface area contributed by atoms with Crippen molar-refractivity contribution in [1.29, 1.82) is 0 Å². The van der Waals surface area contributed by atoms with Gasteiger partial charge in [-0.25, -0.2) is 0 Å². The number of aliphatic hydroxyl groups excluding tert-OH is 1. The summed E-state index contributed by atoms with van der Waals surface area (Å²) in [5.74, 6) is 0.179. The van der Waals surface area contributed by atoms with Crippen molar-refractivity contribution in [3.8, 4) is 0 Å². The summed E-state index contributed by atoms with van der Waals surface area (Å²) in [6, 6.07) is 0. The second kappa shape index (κ2) is 19.4. The molecule has 0 saturated carbocycles. The molecule has 0 aromatic heterocycles. The van der Waals surface area contributed by atoms with Gasteiger partial charge >= 0.3 is 0 Å². The van der Waals surface area contributed by atoms with E-state index >= 15 is 0 Å². The molecule has 162 valence electrons. The monoisotopic (exact) mass is 424 g/mol. The molecule has 27 heavy (non-hydrogen) atoms. The van der Waals surface area contributed by atoms with Gasteiger partial charge < -0.3 is 24.8 Å². The van der Waals surface area contributed by atoms with E-state index in [0.29, 0.717) is 19.5 Å². The fraction of sp³-hybridized carbons (Fsp3) is 0.947. The van der Waals surface area contributed by atoms with E-state index in [9.17, 15) is 9.90 Å². The van der Waals surface area contributed by atoms with Crippen molar-refractivity contribution in [2.75, 3.05) is 39.1 Å². The fourth-order valence-corrected chi connectivity index (χ4v) is 4.59. The molecule has 1 rings (SSSR count). The average Bonchev–Trinajstić information content (AvgIpc) is 3.11. The highest BCUT2D eigenvalue weighted by atomic mass is 32.7. The molecule has 2 atom stereocenters. The van der Waals surface area contributed by atoms with Crippen LogP contribution in [-0.2, 0) is 13.8 Å². The maximum atomic E-state index is 11.5. The second-order valence-electron chi connectivity index (χ2n) is 6.60. The quantitative estimate of drug-likeness (QED) is 0.319. The summed E-state index contributed by atoms with van der Waals surface area (Å²) in [5, 5.41) is 9.25. The summed E-state index contributed by atoms with van der Waals surface area (Å²) in [7, 11) is -0.663. The first-order valence-electron chi connectivity index (χ1n) is 10.3. The number of carbonyl (C=O) groups is 1. The molecule has 0 radical (unpaired) electrons. The van der Waals surface area contributed by atoms with Gasteiger partial charge in [-0.2, -0.15) is 0 Å². The van der Waals surface area contributed by atoms with Crippen molar-refractivity contribution in [3.63, 3.8) is 0 Å². The zero-order valence-corrected chi connectivity index (χ0v) is 19.2. The zero-order chi connectivity index (χ0) is 20.3. The summed E-state index contributed by atoms with van der Waals surface area (Å²) in [6.07, 6.45) is 11.0. The van der Waals surface area contributed by atoms with Crippen LogP contribution in [0.25, 0.3) is 0 Å². The Hall–Kier alpha value is 0.0900. The van der Waals surface area contributed by atoms with Crippen LogP contribution in [0.1, 0.15) is 71.6 Å². The van der Waals surface area contributed by atoms with Gasteiger partial charge in [0.25, 0.3) is 0 Å². The molecule has 6 nitrogen and oxygen atoms in total. The van der Waals surface area contributed by atoms with E-state index in [-0.39, 0.29) is 12.0 Å². The normalized spacial score (nSPS) is 17.5. The number of β-amino-alcohol motifs (C(OH)–C–C–N with tert-alkyl or cyclic N) is 1. The van der Waals surface area contributed by atoms with E-state index in [2.05, 4.69) is 6.92 Å².